The molecule has 0 saturated heterocycles. The van der Waals surface area contributed by atoms with E-state index in [-0.39, 0.29) is 19.5 Å². The maximum Gasteiger partial charge on any atom is 2.00 e. The number of nitrogens with one attached hydrogen (secondary N) is 2. The van der Waals surface area contributed by atoms with E-state index in [1.54, 1.807) is 24.8 Å². The summed E-state index contributed by atoms with van der Waals surface area (Å²) in [7, 11) is 0. The van der Waals surface area contributed by atoms with E-state index in [2.05, 4.69) is 98.0 Å². The van der Waals surface area contributed by atoms with Crippen LogP contribution in [-0.4, -0.2) is 39.9 Å². The second-order valence-corrected chi connectivity index (χ2v) is 15.6. The fourth-order valence-corrected chi connectivity index (χ4v) is 7.32. The van der Waals surface area contributed by atoms with E-state index in [9.17, 15) is 0 Å². The minimum atomic E-state index is 0. The van der Waals surface area contributed by atoms with Crippen molar-refractivity contribution < 1.29 is 19.5 Å². The second-order valence-electron chi connectivity index (χ2n) is 11.9. The summed E-state index contributed by atoms with van der Waals surface area (Å²) >= 11 is 14.2. The second kappa shape index (κ2) is 14.9. The molecule has 2 N–H and O–H groups in total. The van der Waals surface area contributed by atoms with Crippen LogP contribution in [0.2, 0.25) is 0 Å². The van der Waals surface area contributed by atoms with E-state index in [0.717, 1.165) is 108 Å². The van der Waals surface area contributed by atoms with Crippen LogP contribution in [0.5, 0.6) is 0 Å². The fourth-order valence-electron chi connectivity index (χ4n) is 6.38. The Morgan fingerprint density at radius 2 is 0.585 bits per heavy atom. The van der Waals surface area contributed by atoms with Crippen LogP contribution in [0.25, 0.3) is 91.4 Å². The van der Waals surface area contributed by atoms with Crippen molar-refractivity contribution in [3.8, 4) is 45.0 Å². The number of H-pyrrole nitrogens is 2. The molecule has 0 amide bonds. The molecule has 7 aromatic heterocycles. The van der Waals surface area contributed by atoms with Gasteiger partial charge in [-0.05, 0) is 161 Å². The molecule has 9 heterocycles. The van der Waals surface area contributed by atoms with Crippen LogP contribution < -0.4 is 0 Å². The first-order valence-electron chi connectivity index (χ1n) is 16.0. The molecule has 0 unspecified atom stereocenters. The summed E-state index contributed by atoms with van der Waals surface area (Å²) in [5.41, 5.74) is 12.9. The molecule has 8 nitrogen and oxygen atoms in total. The molecule has 13 heteroatoms. The van der Waals surface area contributed by atoms with Gasteiger partial charge in [0, 0.05) is 64.9 Å². The van der Waals surface area contributed by atoms with Gasteiger partial charge in [-0.1, -0.05) is 0 Å². The molecule has 0 radical (unpaired) electrons. The average Bonchev–Trinajstić information content (AvgIpc) is 3.99. The third-order valence-corrected chi connectivity index (χ3v) is 10.6. The standard InChI is InChI=1S/C40H22Br4N8.Zn/c41-21-1-5-25(45-17-21)37-29-9-11-31(49-29)38(26-6-2-22(42)18-46-26)33-13-15-35(51-33)40(28-8-4-24(44)20-48-28)36-16-14-34(52-36)39(32-12-10-30(37)50-32)27-7-3-23(43)19-47-27;/h1-20,49,52H;/q;+2. The number of fused-ring (bicyclic) bond motifs is 8. The van der Waals surface area contributed by atoms with Crippen LogP contribution in [-0.2, 0) is 19.5 Å². The molecule has 0 spiro atoms. The van der Waals surface area contributed by atoms with Crippen LogP contribution in [0.3, 0.4) is 0 Å². The number of aromatic nitrogens is 8. The molecule has 0 aliphatic carbocycles. The number of aromatic amines is 2. The van der Waals surface area contributed by atoms with Crippen LogP contribution in [0.1, 0.15) is 22.8 Å². The minimum absolute atomic E-state index is 0. The van der Waals surface area contributed by atoms with Crippen LogP contribution in [0.15, 0.2) is 115 Å². The number of rotatable bonds is 4. The number of hydrogen-bond donors (Lipinski definition) is 2. The van der Waals surface area contributed by atoms with Gasteiger partial charge in [-0.3, -0.25) is 19.9 Å². The third-order valence-electron chi connectivity index (χ3n) is 8.69. The molecule has 2 aliphatic rings. The van der Waals surface area contributed by atoms with Crippen molar-refractivity contribution in [2.24, 2.45) is 0 Å². The Hall–Kier alpha value is -4.26. The van der Waals surface area contributed by atoms with E-state index >= 15 is 0 Å². The first-order chi connectivity index (χ1) is 25.4. The monoisotopic (exact) mass is 994 g/mol. The summed E-state index contributed by atoms with van der Waals surface area (Å²) in [6.07, 6.45) is 15.3. The Morgan fingerprint density at radius 3 is 0.792 bits per heavy atom. The number of nitrogens with zero attached hydrogens (tertiary/aromatic N) is 6. The van der Waals surface area contributed by atoms with Crippen molar-refractivity contribution in [2.45, 2.75) is 0 Å². The van der Waals surface area contributed by atoms with Crippen molar-refractivity contribution in [1.82, 2.24) is 39.9 Å². The van der Waals surface area contributed by atoms with Crippen LogP contribution in [0.4, 0.5) is 0 Å². The Bertz CT molecular complexity index is 2390. The molecular formula is C40H22Br4N8Zn+2. The van der Waals surface area contributed by atoms with Gasteiger partial charge in [-0.15, -0.1) is 0 Å². The zero-order valence-electron chi connectivity index (χ0n) is 27.4. The van der Waals surface area contributed by atoms with Crippen molar-refractivity contribution in [1.29, 1.82) is 0 Å². The van der Waals surface area contributed by atoms with E-state index < -0.39 is 0 Å². The van der Waals surface area contributed by atoms with Gasteiger partial charge < -0.3 is 9.97 Å². The zero-order valence-corrected chi connectivity index (χ0v) is 36.8. The van der Waals surface area contributed by atoms with Gasteiger partial charge in [0.1, 0.15) is 0 Å². The summed E-state index contributed by atoms with van der Waals surface area (Å²) in [6.45, 7) is 0. The van der Waals surface area contributed by atoms with Crippen LogP contribution in [0, 0.1) is 0 Å². The zero-order chi connectivity index (χ0) is 35.3. The van der Waals surface area contributed by atoms with E-state index in [1.165, 1.54) is 0 Å². The summed E-state index contributed by atoms with van der Waals surface area (Å²) < 4.78 is 3.55. The molecule has 53 heavy (non-hydrogen) atoms. The number of pyridine rings is 4. The normalized spacial score (nSPS) is 11.8. The van der Waals surface area contributed by atoms with Gasteiger partial charge >= 0.3 is 19.5 Å². The molecular weight excluding hydrogens is 978 g/mol. The van der Waals surface area contributed by atoms with Gasteiger partial charge in [-0.2, -0.15) is 0 Å². The quantitative estimate of drug-likeness (QED) is 0.170. The number of hydrogen-bond acceptors (Lipinski definition) is 6. The van der Waals surface area contributed by atoms with Gasteiger partial charge in [0.25, 0.3) is 0 Å². The first-order valence-corrected chi connectivity index (χ1v) is 19.2. The van der Waals surface area contributed by atoms with Crippen molar-refractivity contribution in [3.63, 3.8) is 0 Å². The molecule has 0 fully saturated rings. The SMILES string of the molecule is Brc1ccc(-c2c3nc(c(-c4ccc(Br)cn4)c4ccc([nH]4)c(-c4ccc(Br)cn4)c4nc(c(-c5ccc(Br)cn5)c5ccc2[nH]5)C=C4)C=C3)nc1.[Zn+2]. The molecule has 2 aliphatic heterocycles. The smallest absolute Gasteiger partial charge is 0.354 e. The molecule has 0 atom stereocenters. The van der Waals surface area contributed by atoms with Crippen molar-refractivity contribution >= 4 is 110 Å². The maximum atomic E-state index is 5.27. The fraction of sp³-hybridized carbons (Fsp3) is 0. The predicted molar refractivity (Wildman–Crippen MR) is 223 cm³/mol. The molecule has 9 rings (SSSR count). The summed E-state index contributed by atoms with van der Waals surface area (Å²) in [5, 5.41) is 0. The van der Waals surface area contributed by atoms with E-state index in [4.69, 9.17) is 29.9 Å². The van der Waals surface area contributed by atoms with Gasteiger partial charge in [-0.25, -0.2) is 9.97 Å². The average molecular weight is 1000 g/mol. The predicted octanol–water partition coefficient (Wildman–Crippen LogP) is 12.0. The van der Waals surface area contributed by atoms with E-state index in [1.807, 2.05) is 72.8 Å². The van der Waals surface area contributed by atoms with Crippen molar-refractivity contribution in [2.75, 3.05) is 0 Å². The molecule has 0 aromatic carbocycles. The maximum absolute atomic E-state index is 5.27. The summed E-state index contributed by atoms with van der Waals surface area (Å²) in [4.78, 5) is 37.2. The molecule has 8 bridgehead atoms. The Morgan fingerprint density at radius 1 is 0.340 bits per heavy atom. The minimum Gasteiger partial charge on any atom is -0.354 e. The van der Waals surface area contributed by atoms with Gasteiger partial charge in [0.05, 0.1) is 67.6 Å². The van der Waals surface area contributed by atoms with Gasteiger partial charge in [0.2, 0.25) is 0 Å². The van der Waals surface area contributed by atoms with Crippen LogP contribution >= 0.6 is 63.7 Å². The first kappa shape index (κ1) is 35.8. The van der Waals surface area contributed by atoms with E-state index in [0.29, 0.717) is 0 Å². The Labute approximate surface area is 349 Å². The molecule has 0 saturated carbocycles. The molecule has 250 valence electrons. The summed E-state index contributed by atoms with van der Waals surface area (Å²) in [6, 6.07) is 24.1. The Kier molecular flexibility index (Phi) is 10.0. The largest absolute Gasteiger partial charge is 2.00 e. The van der Waals surface area contributed by atoms with Gasteiger partial charge in [0.15, 0.2) is 0 Å². The third kappa shape index (κ3) is 6.97. The Balaban J connectivity index is 0.00000400. The van der Waals surface area contributed by atoms with Crippen molar-refractivity contribution in [3.05, 3.63) is 138 Å². The number of halogens is 4. The topological polar surface area (TPSA) is 109 Å². The molecule has 7 aromatic rings. The summed E-state index contributed by atoms with van der Waals surface area (Å²) in [5.74, 6) is 0.